The van der Waals surface area contributed by atoms with E-state index in [2.05, 4.69) is 15.0 Å². The number of thioether (sulfide) groups is 1. The number of ether oxygens (including phenoxy) is 1. The minimum Gasteiger partial charge on any atom is -0.480 e. The molecule has 0 aliphatic heterocycles. The maximum Gasteiger partial charge on any atom is 0.326 e. The number of nitrogens with one attached hydrogen (secondary N) is 1. The highest BCUT2D eigenvalue weighted by atomic mass is 32.2. The van der Waals surface area contributed by atoms with Crippen LogP contribution in [0.3, 0.4) is 0 Å². The van der Waals surface area contributed by atoms with Gasteiger partial charge in [-0.15, -0.1) is 11.8 Å². The number of carbonyl (C=O) groups excluding carboxylic acids is 2. The Balaban J connectivity index is 2.85. The van der Waals surface area contributed by atoms with Crippen molar-refractivity contribution in [2.24, 2.45) is 0 Å². The van der Waals surface area contributed by atoms with Gasteiger partial charge in [-0.25, -0.2) is 9.78 Å². The van der Waals surface area contributed by atoms with Crippen molar-refractivity contribution in [3.05, 3.63) is 23.9 Å². The fourth-order valence-corrected chi connectivity index (χ4v) is 1.96. The molecule has 108 valence electrons. The number of nitrogens with zero attached hydrogens (tertiary/aromatic N) is 1. The lowest BCUT2D eigenvalue weighted by Crippen LogP contribution is -2.42. The van der Waals surface area contributed by atoms with Gasteiger partial charge in [0.25, 0.3) is 5.91 Å². The average molecular weight is 298 g/mol. The van der Waals surface area contributed by atoms with Crippen LogP contribution in [0.1, 0.15) is 16.8 Å². The van der Waals surface area contributed by atoms with Crippen LogP contribution in [0.15, 0.2) is 23.4 Å². The summed E-state index contributed by atoms with van der Waals surface area (Å²) in [6.45, 7) is 0. The largest absolute Gasteiger partial charge is 0.480 e. The normalized spacial score (nSPS) is 11.5. The first kappa shape index (κ1) is 16.0. The van der Waals surface area contributed by atoms with Crippen molar-refractivity contribution in [1.82, 2.24) is 10.3 Å². The molecule has 0 aromatic carbocycles. The summed E-state index contributed by atoms with van der Waals surface area (Å²) in [6.07, 6.45) is 2.85. The fraction of sp³-hybridized carbons (Fsp3) is 0.333. The Hall–Kier alpha value is -2.09. The molecule has 0 saturated carbocycles. The van der Waals surface area contributed by atoms with E-state index in [0.717, 1.165) is 7.11 Å². The third-order valence-corrected chi connectivity index (χ3v) is 3.12. The van der Waals surface area contributed by atoms with Crippen molar-refractivity contribution in [3.63, 3.8) is 0 Å². The molecule has 0 spiro atoms. The number of amides is 1. The molecular weight excluding hydrogens is 284 g/mol. The van der Waals surface area contributed by atoms with Gasteiger partial charge >= 0.3 is 11.9 Å². The summed E-state index contributed by atoms with van der Waals surface area (Å²) >= 11 is 1.27. The molecule has 1 rings (SSSR count). The van der Waals surface area contributed by atoms with Gasteiger partial charge in [-0.05, 0) is 18.4 Å². The first-order valence-corrected chi connectivity index (χ1v) is 6.81. The standard InChI is InChI=1S/C12H14N2O5S/c1-19-9(15)6-8(12(17)18)14-10(16)7-4-3-5-13-11(7)20-2/h3-5,8H,6H2,1-2H3,(H,14,16)(H,17,18)/t8-/m0/s1. The Morgan fingerprint density at radius 2 is 2.20 bits per heavy atom. The van der Waals surface area contributed by atoms with Crippen LogP contribution in [0.5, 0.6) is 0 Å². The van der Waals surface area contributed by atoms with Gasteiger partial charge in [0.2, 0.25) is 0 Å². The van der Waals surface area contributed by atoms with E-state index in [-0.39, 0.29) is 5.56 Å². The van der Waals surface area contributed by atoms with Gasteiger partial charge in [-0.3, -0.25) is 9.59 Å². The van der Waals surface area contributed by atoms with Gasteiger partial charge in [0, 0.05) is 6.20 Å². The summed E-state index contributed by atoms with van der Waals surface area (Å²) in [5, 5.41) is 11.8. The second-order valence-corrected chi connectivity index (χ2v) is 4.50. The number of carboxylic acids is 1. The van der Waals surface area contributed by atoms with Crippen LogP contribution in [0, 0.1) is 0 Å². The number of pyridine rings is 1. The van der Waals surface area contributed by atoms with Crippen LogP contribution in [0.25, 0.3) is 0 Å². The second-order valence-electron chi connectivity index (χ2n) is 3.70. The zero-order valence-corrected chi connectivity index (χ0v) is 11.8. The smallest absolute Gasteiger partial charge is 0.326 e. The van der Waals surface area contributed by atoms with E-state index in [9.17, 15) is 14.4 Å². The van der Waals surface area contributed by atoms with E-state index in [1.807, 2.05) is 0 Å². The highest BCUT2D eigenvalue weighted by Gasteiger charge is 2.25. The minimum absolute atomic E-state index is 0.260. The molecular formula is C12H14N2O5S. The highest BCUT2D eigenvalue weighted by molar-refractivity contribution is 7.98. The van der Waals surface area contributed by atoms with Crippen molar-refractivity contribution in [3.8, 4) is 0 Å². The minimum atomic E-state index is -1.34. The van der Waals surface area contributed by atoms with Gasteiger partial charge in [-0.2, -0.15) is 0 Å². The number of hydrogen-bond acceptors (Lipinski definition) is 6. The third-order valence-electron chi connectivity index (χ3n) is 2.41. The highest BCUT2D eigenvalue weighted by Crippen LogP contribution is 2.16. The lowest BCUT2D eigenvalue weighted by atomic mass is 10.2. The maximum atomic E-state index is 12.0. The van der Waals surface area contributed by atoms with Crippen LogP contribution in [-0.4, -0.2) is 47.3 Å². The second kappa shape index (κ2) is 7.49. The Morgan fingerprint density at radius 1 is 1.50 bits per heavy atom. The van der Waals surface area contributed by atoms with E-state index < -0.39 is 30.3 Å². The molecule has 8 heteroatoms. The van der Waals surface area contributed by atoms with Crippen molar-refractivity contribution >= 4 is 29.6 Å². The summed E-state index contributed by atoms with van der Waals surface area (Å²) in [7, 11) is 1.15. The molecule has 20 heavy (non-hydrogen) atoms. The molecule has 1 aromatic rings. The summed E-state index contributed by atoms with van der Waals surface area (Å²) in [5.41, 5.74) is 0.260. The molecule has 0 saturated heterocycles. The molecule has 0 fully saturated rings. The summed E-state index contributed by atoms with van der Waals surface area (Å²) in [4.78, 5) is 38.2. The zero-order chi connectivity index (χ0) is 15.1. The van der Waals surface area contributed by atoms with Crippen LogP contribution in [-0.2, 0) is 14.3 Å². The zero-order valence-electron chi connectivity index (χ0n) is 11.0. The van der Waals surface area contributed by atoms with Crippen molar-refractivity contribution in [1.29, 1.82) is 0 Å². The van der Waals surface area contributed by atoms with E-state index in [1.165, 1.54) is 24.0 Å². The van der Waals surface area contributed by atoms with Gasteiger partial charge < -0.3 is 15.2 Å². The average Bonchev–Trinajstić information content (AvgIpc) is 2.45. The number of carbonyl (C=O) groups is 3. The van der Waals surface area contributed by atoms with E-state index in [0.29, 0.717) is 5.03 Å². The number of carboxylic acid groups (broad SMARTS) is 1. The lowest BCUT2D eigenvalue weighted by molar-refractivity contribution is -0.147. The maximum absolute atomic E-state index is 12.0. The SMILES string of the molecule is COC(=O)C[C@H](NC(=O)c1cccnc1SC)C(=O)O. The molecule has 1 heterocycles. The molecule has 0 bridgehead atoms. The van der Waals surface area contributed by atoms with Gasteiger partial charge in [0.05, 0.1) is 19.1 Å². The Labute approximate surface area is 119 Å². The number of rotatable bonds is 6. The molecule has 1 amide bonds. The van der Waals surface area contributed by atoms with Crippen molar-refractivity contribution < 1.29 is 24.2 Å². The number of hydrogen-bond donors (Lipinski definition) is 2. The Morgan fingerprint density at radius 3 is 2.75 bits per heavy atom. The van der Waals surface area contributed by atoms with Crippen LogP contribution < -0.4 is 5.32 Å². The molecule has 0 aliphatic carbocycles. The molecule has 0 aliphatic rings. The summed E-state index contributed by atoms with van der Waals surface area (Å²) in [6, 6.07) is 1.76. The van der Waals surface area contributed by atoms with Gasteiger partial charge in [0.15, 0.2) is 0 Å². The summed E-state index contributed by atoms with van der Waals surface area (Å²) < 4.78 is 4.39. The molecule has 7 nitrogen and oxygen atoms in total. The molecule has 0 unspecified atom stereocenters. The molecule has 1 atom stereocenters. The topological polar surface area (TPSA) is 106 Å². The molecule has 1 aromatic heterocycles. The van der Waals surface area contributed by atoms with Crippen LogP contribution in [0.2, 0.25) is 0 Å². The van der Waals surface area contributed by atoms with Crippen LogP contribution in [0.4, 0.5) is 0 Å². The molecule has 2 N–H and O–H groups in total. The van der Waals surface area contributed by atoms with E-state index in [1.54, 1.807) is 12.3 Å². The first-order chi connectivity index (χ1) is 9.49. The Bertz CT molecular complexity index is 520. The molecule has 0 radical (unpaired) electrons. The monoisotopic (exact) mass is 298 g/mol. The summed E-state index contributed by atoms with van der Waals surface area (Å²) in [5.74, 6) is -2.62. The van der Waals surface area contributed by atoms with Crippen LogP contribution >= 0.6 is 11.8 Å². The predicted molar refractivity (Wildman–Crippen MR) is 71.5 cm³/mol. The number of esters is 1. The lowest BCUT2D eigenvalue weighted by Gasteiger charge is -2.14. The van der Waals surface area contributed by atoms with Gasteiger partial charge in [-0.1, -0.05) is 0 Å². The third kappa shape index (κ3) is 4.23. The number of aliphatic carboxylic acids is 1. The van der Waals surface area contributed by atoms with Gasteiger partial charge in [0.1, 0.15) is 11.1 Å². The number of methoxy groups -OCH3 is 1. The number of aromatic nitrogens is 1. The van der Waals surface area contributed by atoms with E-state index in [4.69, 9.17) is 5.11 Å². The van der Waals surface area contributed by atoms with Crippen molar-refractivity contribution in [2.75, 3.05) is 13.4 Å². The van der Waals surface area contributed by atoms with Crippen molar-refractivity contribution in [2.45, 2.75) is 17.5 Å². The van der Waals surface area contributed by atoms with E-state index >= 15 is 0 Å². The Kier molecular flexibility index (Phi) is 5.98. The fourth-order valence-electron chi connectivity index (χ4n) is 1.41. The quantitative estimate of drug-likeness (QED) is 0.583. The predicted octanol–water partition coefficient (Wildman–Crippen LogP) is 0.550. The first-order valence-electron chi connectivity index (χ1n) is 5.59.